The fourth-order valence-corrected chi connectivity index (χ4v) is 1.67. The van der Waals surface area contributed by atoms with Crippen molar-refractivity contribution in [2.45, 2.75) is 27.7 Å². The lowest BCUT2D eigenvalue weighted by molar-refractivity contribution is 1.28. The minimum absolute atomic E-state index is 0.0268. The monoisotopic (exact) mass is 211 g/mol. The molecule has 0 aliphatic rings. The third-order valence-electron chi connectivity index (χ3n) is 1.69. The van der Waals surface area contributed by atoms with E-state index in [1.165, 1.54) is 11.3 Å². The number of hydrogen-bond acceptors (Lipinski definition) is 2. The van der Waals surface area contributed by atoms with Crippen LogP contribution in [-0.4, -0.2) is 4.98 Å². The van der Waals surface area contributed by atoms with Crippen LogP contribution in [0.25, 0.3) is 11.6 Å². The molecule has 1 aromatic rings. The number of rotatable bonds is 2. The Morgan fingerprint density at radius 1 is 1.50 bits per heavy atom. The zero-order chi connectivity index (χ0) is 11.1. The quantitative estimate of drug-likeness (QED) is 0.797. The molecular weight excluding hydrogens is 194 g/mol. The van der Waals surface area contributed by atoms with Crippen molar-refractivity contribution in [1.82, 2.24) is 4.98 Å². The van der Waals surface area contributed by atoms with E-state index in [4.69, 9.17) is 0 Å². The van der Waals surface area contributed by atoms with Crippen LogP contribution >= 0.6 is 11.3 Å². The molecule has 0 unspecified atom stereocenters. The number of nitrogens with one attached hydrogen (secondary N) is 1. The van der Waals surface area contributed by atoms with E-state index in [1.54, 1.807) is 6.08 Å². The van der Waals surface area contributed by atoms with Gasteiger partial charge in [0, 0.05) is 0 Å². The van der Waals surface area contributed by atoms with Crippen LogP contribution in [-0.2, 0) is 0 Å². The van der Waals surface area contributed by atoms with Gasteiger partial charge in [0.1, 0.15) is 0 Å². The lowest BCUT2D eigenvalue weighted by Crippen LogP contribution is -1.93. The van der Waals surface area contributed by atoms with Crippen LogP contribution in [0.1, 0.15) is 38.3 Å². The maximum Gasteiger partial charge on any atom is 0.305 e. The molecule has 0 bridgehead atoms. The summed E-state index contributed by atoms with van der Waals surface area (Å²) in [6.07, 6.45) is 3.66. The topological polar surface area (TPSA) is 32.9 Å². The zero-order valence-electron chi connectivity index (χ0n) is 9.18. The fourth-order valence-electron chi connectivity index (χ4n) is 0.921. The van der Waals surface area contributed by atoms with Gasteiger partial charge in [0.05, 0.1) is 10.6 Å². The summed E-state index contributed by atoms with van der Waals surface area (Å²) in [4.78, 5) is 14.6. The van der Waals surface area contributed by atoms with E-state index in [0.717, 1.165) is 16.1 Å². The molecule has 0 aliphatic carbocycles. The van der Waals surface area contributed by atoms with Gasteiger partial charge in [0.15, 0.2) is 0 Å². The predicted molar refractivity (Wildman–Crippen MR) is 65.7 cm³/mol. The van der Waals surface area contributed by atoms with Gasteiger partial charge in [-0.3, -0.25) is 4.79 Å². The van der Waals surface area contributed by atoms with E-state index in [2.05, 4.69) is 11.6 Å². The van der Waals surface area contributed by atoms with Crippen molar-refractivity contribution in [3.05, 3.63) is 32.9 Å². The number of allylic oxidation sites excluding steroid dienone is 2. The number of hydrogen-bond donors (Lipinski definition) is 1. The predicted octanol–water partition coefficient (Wildman–Crippen LogP) is 3.53. The molecule has 0 radical (unpaired) electrons. The van der Waals surface area contributed by atoms with Crippen molar-refractivity contribution < 1.29 is 0 Å². The summed E-state index contributed by atoms with van der Waals surface area (Å²) in [7, 11) is 0. The average Bonchev–Trinajstić information content (AvgIpc) is 2.61. The first-order chi connectivity index (χ1) is 6.69. The van der Waals surface area contributed by atoms with Crippen LogP contribution in [0, 0.1) is 0 Å². The first-order valence-corrected chi connectivity index (χ1v) is 5.49. The summed E-state index contributed by atoms with van der Waals surface area (Å²) in [6.45, 7) is 11.6. The molecule has 0 fully saturated rings. The van der Waals surface area contributed by atoms with Crippen molar-refractivity contribution in [2.24, 2.45) is 0 Å². The Labute approximate surface area is 89.0 Å². The molecule has 0 saturated carbocycles. The van der Waals surface area contributed by atoms with Gasteiger partial charge in [-0.15, -0.1) is 0 Å². The minimum atomic E-state index is -0.0268. The van der Waals surface area contributed by atoms with Gasteiger partial charge in [-0.2, -0.15) is 0 Å². The Kier molecular flexibility index (Phi) is 5.88. The van der Waals surface area contributed by atoms with Crippen molar-refractivity contribution >= 4 is 23.0 Å². The Balaban J connectivity index is 0.000000791. The second-order valence-corrected chi connectivity index (χ2v) is 3.44. The van der Waals surface area contributed by atoms with Crippen molar-refractivity contribution in [3.63, 3.8) is 0 Å². The Hall–Kier alpha value is -1.09. The largest absolute Gasteiger partial charge is 0.312 e. The molecule has 1 heterocycles. The number of aromatic nitrogens is 1. The molecule has 1 rings (SSSR count). The second-order valence-electron chi connectivity index (χ2n) is 2.43. The molecule has 78 valence electrons. The fraction of sp³-hybridized carbons (Fsp3) is 0.364. The van der Waals surface area contributed by atoms with Crippen LogP contribution in [0.4, 0.5) is 0 Å². The van der Waals surface area contributed by atoms with E-state index in [0.29, 0.717) is 0 Å². The minimum Gasteiger partial charge on any atom is -0.312 e. The molecule has 2 nitrogen and oxygen atoms in total. The van der Waals surface area contributed by atoms with Crippen molar-refractivity contribution in [3.8, 4) is 0 Å². The van der Waals surface area contributed by atoms with Crippen molar-refractivity contribution in [2.75, 3.05) is 0 Å². The second kappa shape index (κ2) is 6.38. The summed E-state index contributed by atoms with van der Waals surface area (Å²) < 4.78 is 0. The van der Waals surface area contributed by atoms with Gasteiger partial charge in [0.25, 0.3) is 0 Å². The molecule has 0 aromatic carbocycles. The third-order valence-corrected chi connectivity index (χ3v) is 2.57. The number of thiazole rings is 1. The van der Waals surface area contributed by atoms with E-state index in [-0.39, 0.29) is 4.87 Å². The van der Waals surface area contributed by atoms with Gasteiger partial charge >= 0.3 is 4.87 Å². The van der Waals surface area contributed by atoms with Crippen LogP contribution in [0.2, 0.25) is 0 Å². The zero-order valence-corrected chi connectivity index (χ0v) is 9.99. The first kappa shape index (κ1) is 12.9. The van der Waals surface area contributed by atoms with E-state index in [9.17, 15) is 4.79 Å². The highest BCUT2D eigenvalue weighted by Crippen LogP contribution is 2.18. The lowest BCUT2D eigenvalue weighted by Gasteiger charge is -1.96. The summed E-state index contributed by atoms with van der Waals surface area (Å²) in [5, 5.41) is 0. The highest BCUT2D eigenvalue weighted by Gasteiger charge is 2.04. The standard InChI is InChI=1S/C9H11NOS.C2H6/c1-4-6(3)8-7(5-2)12-9(11)10-8;1-2/h4-5H,2H2,1,3H3,(H,10,11);1-2H3/b6-4-;. The summed E-state index contributed by atoms with van der Waals surface area (Å²) in [5.41, 5.74) is 1.96. The van der Waals surface area contributed by atoms with Gasteiger partial charge in [-0.05, 0) is 25.5 Å². The number of H-pyrrole nitrogens is 1. The van der Waals surface area contributed by atoms with Crippen LogP contribution in [0.5, 0.6) is 0 Å². The van der Waals surface area contributed by atoms with E-state index >= 15 is 0 Å². The van der Waals surface area contributed by atoms with Crippen LogP contribution in [0.3, 0.4) is 0 Å². The average molecular weight is 211 g/mol. The summed E-state index contributed by atoms with van der Waals surface area (Å²) in [5.74, 6) is 0. The Bertz CT molecular complexity index is 371. The number of aromatic amines is 1. The smallest absolute Gasteiger partial charge is 0.305 e. The van der Waals surface area contributed by atoms with Crippen molar-refractivity contribution in [1.29, 1.82) is 0 Å². The van der Waals surface area contributed by atoms with E-state index < -0.39 is 0 Å². The van der Waals surface area contributed by atoms with Gasteiger partial charge in [0.2, 0.25) is 0 Å². The molecule has 1 aromatic heterocycles. The molecule has 0 amide bonds. The highest BCUT2D eigenvalue weighted by molar-refractivity contribution is 7.10. The molecule has 3 heteroatoms. The van der Waals surface area contributed by atoms with Crippen LogP contribution < -0.4 is 4.87 Å². The maximum atomic E-state index is 11.0. The Morgan fingerprint density at radius 3 is 2.50 bits per heavy atom. The highest BCUT2D eigenvalue weighted by atomic mass is 32.1. The van der Waals surface area contributed by atoms with Gasteiger partial charge in [-0.1, -0.05) is 37.8 Å². The van der Waals surface area contributed by atoms with E-state index in [1.807, 2.05) is 33.8 Å². The first-order valence-electron chi connectivity index (χ1n) is 4.68. The summed E-state index contributed by atoms with van der Waals surface area (Å²) >= 11 is 1.19. The van der Waals surface area contributed by atoms with Gasteiger partial charge in [-0.25, -0.2) is 0 Å². The molecule has 0 aliphatic heterocycles. The molecular formula is C11H17NOS. The lowest BCUT2D eigenvalue weighted by atomic mass is 10.2. The molecule has 0 atom stereocenters. The third kappa shape index (κ3) is 3.00. The van der Waals surface area contributed by atoms with Gasteiger partial charge < -0.3 is 4.98 Å². The molecule has 14 heavy (non-hydrogen) atoms. The summed E-state index contributed by atoms with van der Waals surface area (Å²) in [6, 6.07) is 0. The SMILES string of the molecule is C=Cc1sc(=O)[nH]c1/C(C)=C\C.CC. The normalized spacial score (nSPS) is 10.4. The Morgan fingerprint density at radius 2 is 2.07 bits per heavy atom. The molecule has 0 saturated heterocycles. The molecule has 1 N–H and O–H groups in total. The maximum absolute atomic E-state index is 11.0. The molecule has 0 spiro atoms. The van der Waals surface area contributed by atoms with Crippen LogP contribution in [0.15, 0.2) is 17.4 Å².